The van der Waals surface area contributed by atoms with Gasteiger partial charge >= 0.3 is 0 Å². The van der Waals surface area contributed by atoms with Gasteiger partial charge in [0.2, 0.25) is 0 Å². The van der Waals surface area contributed by atoms with Crippen LogP contribution in [-0.4, -0.2) is 25.0 Å². The minimum atomic E-state index is -0.187. The van der Waals surface area contributed by atoms with Gasteiger partial charge in [-0.15, -0.1) is 0 Å². The topological polar surface area (TPSA) is 44.5 Å². The Labute approximate surface area is 94.3 Å². The van der Waals surface area contributed by atoms with E-state index >= 15 is 0 Å². The molecule has 0 fully saturated rings. The highest BCUT2D eigenvalue weighted by atomic mass is 16.5. The molecule has 0 aromatic rings. The zero-order chi connectivity index (χ0) is 11.8. The SMILES string of the molecule is CC(C)CC(C)OCCC(C)OC(C)N. The van der Waals surface area contributed by atoms with E-state index in [9.17, 15) is 0 Å². The molecule has 3 unspecified atom stereocenters. The normalized spacial score (nSPS) is 17.8. The lowest BCUT2D eigenvalue weighted by Crippen LogP contribution is -2.26. The van der Waals surface area contributed by atoms with Gasteiger partial charge in [-0.05, 0) is 39.5 Å². The predicted molar refractivity (Wildman–Crippen MR) is 63.7 cm³/mol. The summed E-state index contributed by atoms with van der Waals surface area (Å²) in [5, 5.41) is 0. The van der Waals surface area contributed by atoms with Gasteiger partial charge in [-0.3, -0.25) is 0 Å². The van der Waals surface area contributed by atoms with Crippen LogP contribution >= 0.6 is 0 Å². The standard InChI is InChI=1S/C12H27NO2/c1-9(2)8-11(4)14-7-6-10(3)15-12(5)13/h9-12H,6-8,13H2,1-5H3. The molecule has 0 bridgehead atoms. The molecule has 15 heavy (non-hydrogen) atoms. The molecule has 0 aromatic heterocycles. The highest BCUT2D eigenvalue weighted by Crippen LogP contribution is 2.08. The van der Waals surface area contributed by atoms with Crippen LogP contribution in [0.3, 0.4) is 0 Å². The van der Waals surface area contributed by atoms with E-state index < -0.39 is 0 Å². The lowest BCUT2D eigenvalue weighted by Gasteiger charge is -2.18. The van der Waals surface area contributed by atoms with E-state index in [4.69, 9.17) is 15.2 Å². The summed E-state index contributed by atoms with van der Waals surface area (Å²) < 4.78 is 11.1. The Balaban J connectivity index is 3.44. The fourth-order valence-corrected chi connectivity index (χ4v) is 1.60. The molecule has 92 valence electrons. The summed E-state index contributed by atoms with van der Waals surface area (Å²) >= 11 is 0. The Morgan fingerprint density at radius 1 is 1.00 bits per heavy atom. The average Bonchev–Trinajstić information content (AvgIpc) is 2.00. The third-order valence-electron chi connectivity index (χ3n) is 2.18. The molecule has 0 rings (SSSR count). The first-order chi connectivity index (χ1) is 6.91. The Hall–Kier alpha value is -0.120. The van der Waals surface area contributed by atoms with Gasteiger partial charge in [-0.25, -0.2) is 0 Å². The van der Waals surface area contributed by atoms with Gasteiger partial charge in [-0.1, -0.05) is 13.8 Å². The third-order valence-corrected chi connectivity index (χ3v) is 2.18. The first kappa shape index (κ1) is 14.9. The Morgan fingerprint density at radius 3 is 2.07 bits per heavy atom. The van der Waals surface area contributed by atoms with Crippen molar-refractivity contribution in [1.82, 2.24) is 0 Å². The van der Waals surface area contributed by atoms with Crippen molar-refractivity contribution >= 4 is 0 Å². The second-order valence-corrected chi connectivity index (χ2v) is 4.75. The Bertz CT molecular complexity index is 133. The van der Waals surface area contributed by atoms with Crippen LogP contribution in [0.25, 0.3) is 0 Å². The molecule has 0 amide bonds. The van der Waals surface area contributed by atoms with Crippen molar-refractivity contribution in [2.24, 2.45) is 11.7 Å². The van der Waals surface area contributed by atoms with Gasteiger partial charge in [0.05, 0.1) is 12.2 Å². The highest BCUT2D eigenvalue weighted by Gasteiger charge is 2.08. The molecule has 0 radical (unpaired) electrons. The number of hydrogen-bond acceptors (Lipinski definition) is 3. The molecule has 3 heteroatoms. The maximum atomic E-state index is 5.68. The largest absolute Gasteiger partial charge is 0.378 e. The molecule has 3 nitrogen and oxygen atoms in total. The summed E-state index contributed by atoms with van der Waals surface area (Å²) in [6.45, 7) is 11.2. The van der Waals surface area contributed by atoms with Crippen molar-refractivity contribution in [3.05, 3.63) is 0 Å². The van der Waals surface area contributed by atoms with Crippen LogP contribution in [-0.2, 0) is 9.47 Å². The van der Waals surface area contributed by atoms with Gasteiger partial charge in [0, 0.05) is 6.61 Å². The molecule has 2 N–H and O–H groups in total. The van der Waals surface area contributed by atoms with Crippen molar-refractivity contribution in [2.45, 2.75) is 65.9 Å². The van der Waals surface area contributed by atoms with Gasteiger partial charge in [0.1, 0.15) is 6.23 Å². The van der Waals surface area contributed by atoms with Crippen LogP contribution < -0.4 is 5.73 Å². The summed E-state index contributed by atoms with van der Waals surface area (Å²) in [5.41, 5.74) is 5.53. The van der Waals surface area contributed by atoms with Crippen molar-refractivity contribution in [1.29, 1.82) is 0 Å². The minimum absolute atomic E-state index is 0.177. The van der Waals surface area contributed by atoms with E-state index in [-0.39, 0.29) is 12.3 Å². The molecule has 0 aliphatic carbocycles. The molecule has 0 saturated heterocycles. The summed E-state index contributed by atoms with van der Waals surface area (Å²) in [6, 6.07) is 0. The summed E-state index contributed by atoms with van der Waals surface area (Å²) in [7, 11) is 0. The van der Waals surface area contributed by atoms with Gasteiger partial charge in [0.25, 0.3) is 0 Å². The molecule has 0 aliphatic rings. The van der Waals surface area contributed by atoms with E-state index in [0.29, 0.717) is 12.0 Å². The van der Waals surface area contributed by atoms with E-state index in [2.05, 4.69) is 20.8 Å². The predicted octanol–water partition coefficient (Wildman–Crippen LogP) is 2.54. The van der Waals surface area contributed by atoms with Crippen molar-refractivity contribution in [3.63, 3.8) is 0 Å². The van der Waals surface area contributed by atoms with Crippen LogP contribution in [0.4, 0.5) is 0 Å². The maximum absolute atomic E-state index is 5.68. The first-order valence-electron chi connectivity index (χ1n) is 5.94. The fraction of sp³-hybridized carbons (Fsp3) is 1.00. The number of ether oxygens (including phenoxy) is 2. The smallest absolute Gasteiger partial charge is 0.103 e. The Kier molecular flexibility index (Phi) is 8.02. The summed E-state index contributed by atoms with van der Waals surface area (Å²) in [6.07, 6.45) is 2.35. The van der Waals surface area contributed by atoms with Crippen LogP contribution in [0.5, 0.6) is 0 Å². The monoisotopic (exact) mass is 217 g/mol. The maximum Gasteiger partial charge on any atom is 0.103 e. The van der Waals surface area contributed by atoms with Gasteiger partial charge in [0.15, 0.2) is 0 Å². The number of nitrogens with two attached hydrogens (primary N) is 1. The number of hydrogen-bond donors (Lipinski definition) is 1. The second kappa shape index (κ2) is 8.08. The second-order valence-electron chi connectivity index (χ2n) is 4.75. The molecule has 3 atom stereocenters. The van der Waals surface area contributed by atoms with Gasteiger partial charge < -0.3 is 15.2 Å². The zero-order valence-electron chi connectivity index (χ0n) is 10.8. The van der Waals surface area contributed by atoms with E-state index in [1.165, 1.54) is 0 Å². The number of rotatable bonds is 8. The zero-order valence-corrected chi connectivity index (χ0v) is 10.8. The molecule has 0 aliphatic heterocycles. The van der Waals surface area contributed by atoms with Crippen LogP contribution in [0.1, 0.15) is 47.5 Å². The van der Waals surface area contributed by atoms with E-state index in [1.54, 1.807) is 0 Å². The van der Waals surface area contributed by atoms with Crippen molar-refractivity contribution in [2.75, 3.05) is 6.61 Å². The Morgan fingerprint density at radius 2 is 1.60 bits per heavy atom. The quantitative estimate of drug-likeness (QED) is 0.635. The molecular weight excluding hydrogens is 190 g/mol. The summed E-state index contributed by atoms with van der Waals surface area (Å²) in [4.78, 5) is 0. The van der Waals surface area contributed by atoms with Crippen LogP contribution in [0.15, 0.2) is 0 Å². The minimum Gasteiger partial charge on any atom is -0.378 e. The van der Waals surface area contributed by atoms with Crippen molar-refractivity contribution in [3.8, 4) is 0 Å². The lowest BCUT2D eigenvalue weighted by atomic mass is 10.1. The van der Waals surface area contributed by atoms with Gasteiger partial charge in [-0.2, -0.15) is 0 Å². The third kappa shape index (κ3) is 10.2. The first-order valence-corrected chi connectivity index (χ1v) is 5.94. The molecule has 0 heterocycles. The van der Waals surface area contributed by atoms with Crippen LogP contribution in [0.2, 0.25) is 0 Å². The summed E-state index contributed by atoms with van der Waals surface area (Å²) in [5.74, 6) is 0.692. The van der Waals surface area contributed by atoms with E-state index in [1.807, 2.05) is 13.8 Å². The van der Waals surface area contributed by atoms with Crippen LogP contribution in [0, 0.1) is 5.92 Å². The lowest BCUT2D eigenvalue weighted by molar-refractivity contribution is -0.0215. The highest BCUT2D eigenvalue weighted by molar-refractivity contribution is 4.56. The average molecular weight is 217 g/mol. The molecule has 0 saturated carbocycles. The fourth-order valence-electron chi connectivity index (χ4n) is 1.60. The molecular formula is C12H27NO2. The van der Waals surface area contributed by atoms with Crippen molar-refractivity contribution < 1.29 is 9.47 Å². The molecule has 0 aromatic carbocycles. The molecule has 0 spiro atoms. The van der Waals surface area contributed by atoms with E-state index in [0.717, 1.165) is 19.4 Å².